The van der Waals surface area contributed by atoms with Crippen molar-refractivity contribution in [2.24, 2.45) is 0 Å². The number of para-hydroxylation sites is 4. The van der Waals surface area contributed by atoms with E-state index >= 15 is 0 Å². The van der Waals surface area contributed by atoms with Crippen LogP contribution in [0.25, 0.3) is 0 Å². The SMILES string of the molecule is CCCCCc1cc2c3c(c1)N(c1ccccc1)c1ccccc1B3c1ccccc1N2c1ccccc1. The van der Waals surface area contributed by atoms with Gasteiger partial charge in [-0.1, -0.05) is 92.6 Å². The largest absolute Gasteiger partial charge is 0.311 e. The highest BCUT2D eigenvalue weighted by Crippen LogP contribution is 2.44. The van der Waals surface area contributed by atoms with Crippen molar-refractivity contribution in [1.82, 2.24) is 0 Å². The van der Waals surface area contributed by atoms with E-state index in [1.54, 1.807) is 0 Å². The Balaban J connectivity index is 1.55. The minimum Gasteiger partial charge on any atom is -0.311 e. The first-order chi connectivity index (χ1) is 18.8. The monoisotopic (exact) mass is 490 g/mol. The van der Waals surface area contributed by atoms with Crippen LogP contribution in [0.4, 0.5) is 34.1 Å². The van der Waals surface area contributed by atoms with Crippen LogP contribution < -0.4 is 26.2 Å². The Morgan fingerprint density at radius 3 is 1.50 bits per heavy atom. The van der Waals surface area contributed by atoms with Crippen LogP contribution in [0, 0.1) is 0 Å². The van der Waals surface area contributed by atoms with Gasteiger partial charge in [-0.25, -0.2) is 0 Å². The summed E-state index contributed by atoms with van der Waals surface area (Å²) in [5, 5.41) is 0. The number of hydrogen-bond donors (Lipinski definition) is 0. The van der Waals surface area contributed by atoms with Crippen molar-refractivity contribution in [2.45, 2.75) is 32.6 Å². The zero-order valence-electron chi connectivity index (χ0n) is 21.8. The molecule has 0 atom stereocenters. The standard InChI is InChI=1S/C35H31BN2/c1-2-3-6-15-26-24-33-35-34(25-26)38(28-18-9-5-10-19-28)32-23-14-12-21-30(32)36(35)29-20-11-13-22-31(29)37(33)27-16-7-4-8-17-27/h4-5,7-14,16-25H,2-3,6,15H2,1H3. The lowest BCUT2D eigenvalue weighted by Gasteiger charge is -2.44. The molecule has 2 aliphatic heterocycles. The summed E-state index contributed by atoms with van der Waals surface area (Å²) in [5.41, 5.74) is 13.1. The third-order valence-electron chi connectivity index (χ3n) is 8.04. The van der Waals surface area contributed by atoms with E-state index in [0.717, 1.165) is 6.42 Å². The van der Waals surface area contributed by atoms with Crippen molar-refractivity contribution in [2.75, 3.05) is 9.80 Å². The highest BCUT2D eigenvalue weighted by Gasteiger charge is 2.43. The van der Waals surface area contributed by atoms with E-state index in [-0.39, 0.29) is 6.71 Å². The van der Waals surface area contributed by atoms with Crippen LogP contribution in [-0.2, 0) is 6.42 Å². The second kappa shape index (κ2) is 9.57. The average molecular weight is 490 g/mol. The predicted molar refractivity (Wildman–Crippen MR) is 164 cm³/mol. The Morgan fingerprint density at radius 2 is 1.00 bits per heavy atom. The second-order valence-corrected chi connectivity index (χ2v) is 10.4. The summed E-state index contributed by atoms with van der Waals surface area (Å²) in [4.78, 5) is 4.98. The van der Waals surface area contributed by atoms with Gasteiger partial charge in [0.2, 0.25) is 0 Å². The normalized spacial score (nSPS) is 13.1. The summed E-state index contributed by atoms with van der Waals surface area (Å²) < 4.78 is 0. The zero-order chi connectivity index (χ0) is 25.5. The number of hydrogen-bond acceptors (Lipinski definition) is 2. The summed E-state index contributed by atoms with van der Waals surface area (Å²) in [6, 6.07) is 44.7. The molecule has 0 radical (unpaired) electrons. The van der Waals surface area contributed by atoms with Gasteiger partial charge >= 0.3 is 0 Å². The molecule has 0 fully saturated rings. The minimum atomic E-state index is 0.192. The lowest BCUT2D eigenvalue weighted by atomic mass is 9.33. The van der Waals surface area contributed by atoms with E-state index in [1.165, 1.54) is 75.3 Å². The Morgan fingerprint density at radius 1 is 0.526 bits per heavy atom. The maximum absolute atomic E-state index is 2.49. The van der Waals surface area contributed by atoms with Crippen LogP contribution in [0.15, 0.2) is 121 Å². The Hall–Kier alpha value is -4.24. The molecule has 38 heavy (non-hydrogen) atoms. The van der Waals surface area contributed by atoms with Gasteiger partial charge in [0.05, 0.1) is 0 Å². The number of rotatable bonds is 6. The Labute approximate surface area is 226 Å². The number of anilines is 6. The molecule has 2 aliphatic rings. The van der Waals surface area contributed by atoms with Gasteiger partial charge in [-0.3, -0.25) is 0 Å². The zero-order valence-corrected chi connectivity index (χ0v) is 21.8. The van der Waals surface area contributed by atoms with Crippen molar-refractivity contribution in [1.29, 1.82) is 0 Å². The second-order valence-electron chi connectivity index (χ2n) is 10.4. The van der Waals surface area contributed by atoms with Gasteiger partial charge in [0.25, 0.3) is 6.71 Å². The minimum absolute atomic E-state index is 0.192. The van der Waals surface area contributed by atoms with Crippen LogP contribution in [-0.4, -0.2) is 6.71 Å². The molecule has 0 aromatic heterocycles. The van der Waals surface area contributed by atoms with Crippen molar-refractivity contribution >= 4 is 57.2 Å². The van der Waals surface area contributed by atoms with Gasteiger partial charge in [0.1, 0.15) is 0 Å². The first-order valence-corrected chi connectivity index (χ1v) is 13.9. The van der Waals surface area contributed by atoms with Gasteiger partial charge in [-0.2, -0.15) is 0 Å². The Bertz CT molecular complexity index is 1480. The number of nitrogens with zero attached hydrogens (tertiary/aromatic N) is 2. The molecule has 0 amide bonds. The van der Waals surface area contributed by atoms with Crippen LogP contribution in [0.1, 0.15) is 31.7 Å². The number of benzene rings is 5. The molecule has 0 bridgehead atoms. The van der Waals surface area contributed by atoms with E-state index in [9.17, 15) is 0 Å². The molecule has 0 saturated heterocycles. The lowest BCUT2D eigenvalue weighted by molar-refractivity contribution is 0.717. The van der Waals surface area contributed by atoms with Crippen molar-refractivity contribution in [3.63, 3.8) is 0 Å². The van der Waals surface area contributed by atoms with Crippen molar-refractivity contribution in [3.05, 3.63) is 127 Å². The highest BCUT2D eigenvalue weighted by molar-refractivity contribution is 7.00. The topological polar surface area (TPSA) is 6.48 Å². The molecular formula is C35H31BN2. The molecule has 0 unspecified atom stereocenters. The fraction of sp³-hybridized carbons (Fsp3) is 0.143. The fourth-order valence-corrected chi connectivity index (χ4v) is 6.39. The summed E-state index contributed by atoms with van der Waals surface area (Å²) in [6.07, 6.45) is 4.79. The molecule has 5 aromatic rings. The summed E-state index contributed by atoms with van der Waals surface area (Å²) in [5.74, 6) is 0. The molecule has 5 aromatic carbocycles. The quantitative estimate of drug-likeness (QED) is 0.176. The smallest absolute Gasteiger partial charge is 0.252 e. The molecule has 0 spiro atoms. The van der Waals surface area contributed by atoms with Crippen LogP contribution in [0.3, 0.4) is 0 Å². The Kier molecular flexibility index (Phi) is 5.78. The van der Waals surface area contributed by atoms with E-state index in [0.29, 0.717) is 0 Å². The summed E-state index contributed by atoms with van der Waals surface area (Å²) >= 11 is 0. The van der Waals surface area contributed by atoms with Crippen LogP contribution in [0.2, 0.25) is 0 Å². The highest BCUT2D eigenvalue weighted by atomic mass is 15.2. The van der Waals surface area contributed by atoms with Gasteiger partial charge in [-0.15, -0.1) is 0 Å². The maximum atomic E-state index is 2.49. The average Bonchev–Trinajstić information content (AvgIpc) is 2.98. The molecule has 2 heterocycles. The third kappa shape index (κ3) is 3.65. The van der Waals surface area contributed by atoms with Gasteiger partial charge in [0.15, 0.2) is 0 Å². The molecule has 7 rings (SSSR count). The summed E-state index contributed by atoms with van der Waals surface area (Å²) in [6.45, 7) is 2.47. The molecule has 0 aliphatic carbocycles. The van der Waals surface area contributed by atoms with E-state index in [2.05, 4.69) is 138 Å². The predicted octanol–water partition coefficient (Wildman–Crippen LogP) is 7.50. The van der Waals surface area contributed by atoms with Crippen LogP contribution in [0.5, 0.6) is 0 Å². The van der Waals surface area contributed by atoms with Gasteiger partial charge < -0.3 is 9.80 Å². The lowest BCUT2D eigenvalue weighted by Crippen LogP contribution is -2.61. The first kappa shape index (κ1) is 22.9. The molecule has 2 nitrogen and oxygen atoms in total. The molecular weight excluding hydrogens is 459 g/mol. The number of fused-ring (bicyclic) bond motifs is 4. The fourth-order valence-electron chi connectivity index (χ4n) is 6.39. The molecule has 3 heteroatoms. The summed E-state index contributed by atoms with van der Waals surface area (Å²) in [7, 11) is 0. The van der Waals surface area contributed by atoms with Gasteiger partial charge in [-0.05, 0) is 83.3 Å². The van der Waals surface area contributed by atoms with Crippen LogP contribution >= 0.6 is 0 Å². The molecule has 0 N–H and O–H groups in total. The van der Waals surface area contributed by atoms with E-state index in [1.807, 2.05) is 0 Å². The van der Waals surface area contributed by atoms with Crippen molar-refractivity contribution < 1.29 is 0 Å². The van der Waals surface area contributed by atoms with E-state index in [4.69, 9.17) is 0 Å². The number of aryl methyl sites for hydroxylation is 1. The van der Waals surface area contributed by atoms with Gasteiger partial charge in [0, 0.05) is 34.1 Å². The third-order valence-corrected chi connectivity index (χ3v) is 8.04. The number of unbranched alkanes of at least 4 members (excludes halogenated alkanes) is 2. The first-order valence-electron chi connectivity index (χ1n) is 13.9. The van der Waals surface area contributed by atoms with E-state index < -0.39 is 0 Å². The molecule has 184 valence electrons. The molecule has 0 saturated carbocycles. The maximum Gasteiger partial charge on any atom is 0.252 e. The van der Waals surface area contributed by atoms with Crippen molar-refractivity contribution in [3.8, 4) is 0 Å².